The van der Waals surface area contributed by atoms with E-state index in [1.165, 1.54) is 0 Å². The van der Waals surface area contributed by atoms with E-state index in [1.807, 2.05) is 30.3 Å². The van der Waals surface area contributed by atoms with E-state index in [1.54, 1.807) is 0 Å². The van der Waals surface area contributed by atoms with Gasteiger partial charge in [0, 0.05) is 23.5 Å². The van der Waals surface area contributed by atoms with E-state index in [4.69, 9.17) is 11.1 Å². The Morgan fingerprint density at radius 1 is 1.40 bits per heavy atom. The van der Waals surface area contributed by atoms with Crippen LogP contribution in [0.3, 0.4) is 0 Å². The second-order valence-corrected chi connectivity index (χ2v) is 5.11. The summed E-state index contributed by atoms with van der Waals surface area (Å²) in [6, 6.07) is 10.0. The minimum atomic E-state index is 0.0459. The van der Waals surface area contributed by atoms with Gasteiger partial charge in [-0.25, -0.2) is 4.98 Å². The molecule has 20 heavy (non-hydrogen) atoms. The van der Waals surface area contributed by atoms with Crippen molar-refractivity contribution >= 4 is 22.6 Å². The summed E-state index contributed by atoms with van der Waals surface area (Å²) in [7, 11) is 0. The first-order chi connectivity index (χ1) is 9.70. The van der Waals surface area contributed by atoms with Crippen molar-refractivity contribution in [3.05, 3.63) is 35.9 Å². The fourth-order valence-electron chi connectivity index (χ4n) is 2.51. The molecular weight excluding hydrogens is 252 g/mol. The number of pyridine rings is 1. The fourth-order valence-corrected chi connectivity index (χ4v) is 2.51. The van der Waals surface area contributed by atoms with Gasteiger partial charge in [0.05, 0.1) is 12.1 Å². The first-order valence-corrected chi connectivity index (χ1v) is 6.82. The third-order valence-corrected chi connectivity index (χ3v) is 3.62. The molecule has 1 saturated carbocycles. The zero-order valence-corrected chi connectivity index (χ0v) is 11.2. The van der Waals surface area contributed by atoms with Gasteiger partial charge in [-0.15, -0.1) is 0 Å². The van der Waals surface area contributed by atoms with E-state index < -0.39 is 0 Å². The van der Waals surface area contributed by atoms with Crippen molar-refractivity contribution < 1.29 is 5.11 Å². The van der Waals surface area contributed by atoms with Gasteiger partial charge in [-0.2, -0.15) is 0 Å². The second-order valence-electron chi connectivity index (χ2n) is 5.11. The van der Waals surface area contributed by atoms with Crippen LogP contribution in [0.1, 0.15) is 18.4 Å². The van der Waals surface area contributed by atoms with Gasteiger partial charge in [0.15, 0.2) is 0 Å². The number of aliphatic hydroxyl groups is 1. The quantitative estimate of drug-likeness (QED) is 0.567. The lowest BCUT2D eigenvalue weighted by Crippen LogP contribution is -2.30. The summed E-state index contributed by atoms with van der Waals surface area (Å²) in [5, 5.41) is 17.9. The lowest BCUT2D eigenvalue weighted by Gasteiger charge is -2.23. The number of amidine groups is 1. The third kappa shape index (κ3) is 2.32. The Hall–Kier alpha value is -2.14. The van der Waals surface area contributed by atoms with Gasteiger partial charge in [-0.3, -0.25) is 5.41 Å². The second kappa shape index (κ2) is 5.09. The van der Waals surface area contributed by atoms with Gasteiger partial charge >= 0.3 is 0 Å². The maximum absolute atomic E-state index is 9.23. The SMILES string of the molecule is N=C(N)c1cc(N(CCO)C2CC2)nc2ccccc12. The van der Waals surface area contributed by atoms with Crippen molar-refractivity contribution in [2.45, 2.75) is 18.9 Å². The van der Waals surface area contributed by atoms with E-state index in [0.29, 0.717) is 18.2 Å². The van der Waals surface area contributed by atoms with Crippen molar-refractivity contribution in [1.29, 1.82) is 5.41 Å². The van der Waals surface area contributed by atoms with Crippen molar-refractivity contribution in [3.63, 3.8) is 0 Å². The molecule has 1 fully saturated rings. The monoisotopic (exact) mass is 270 g/mol. The number of benzene rings is 1. The summed E-state index contributed by atoms with van der Waals surface area (Å²) in [5.41, 5.74) is 7.24. The fraction of sp³-hybridized carbons (Fsp3) is 0.333. The van der Waals surface area contributed by atoms with Crippen LogP contribution in [0, 0.1) is 5.41 Å². The molecule has 2 aromatic rings. The number of aliphatic hydroxyl groups excluding tert-OH is 1. The molecule has 1 aliphatic rings. The number of rotatable bonds is 5. The Morgan fingerprint density at radius 2 is 2.15 bits per heavy atom. The molecular formula is C15H18N4O. The standard InChI is InChI=1S/C15H18N4O/c16-15(17)12-9-14(19(7-8-20)10-5-6-10)18-13-4-2-1-3-11(12)13/h1-4,9-10,20H,5-8H2,(H3,16,17). The molecule has 4 N–H and O–H groups in total. The van der Waals surface area contributed by atoms with Crippen LogP contribution in [-0.2, 0) is 0 Å². The van der Waals surface area contributed by atoms with Crippen LogP contribution in [0.15, 0.2) is 30.3 Å². The predicted molar refractivity (Wildman–Crippen MR) is 80.2 cm³/mol. The molecule has 0 unspecified atom stereocenters. The maximum atomic E-state index is 9.23. The van der Waals surface area contributed by atoms with Gasteiger partial charge in [-0.05, 0) is 25.0 Å². The number of aromatic nitrogens is 1. The van der Waals surface area contributed by atoms with Gasteiger partial charge in [-0.1, -0.05) is 18.2 Å². The smallest absolute Gasteiger partial charge is 0.130 e. The lowest BCUT2D eigenvalue weighted by atomic mass is 10.1. The number of fused-ring (bicyclic) bond motifs is 1. The number of hydrogen-bond donors (Lipinski definition) is 3. The summed E-state index contributed by atoms with van der Waals surface area (Å²) >= 11 is 0. The highest BCUT2D eigenvalue weighted by Crippen LogP contribution is 2.32. The molecule has 1 aromatic heterocycles. The van der Waals surface area contributed by atoms with Gasteiger partial charge in [0.1, 0.15) is 11.7 Å². The first kappa shape index (κ1) is 12.9. The van der Waals surface area contributed by atoms with Crippen LogP contribution in [0.4, 0.5) is 5.82 Å². The molecule has 0 atom stereocenters. The summed E-state index contributed by atoms with van der Waals surface area (Å²) in [6.45, 7) is 0.660. The third-order valence-electron chi connectivity index (χ3n) is 3.62. The van der Waals surface area contributed by atoms with Crippen LogP contribution >= 0.6 is 0 Å². The number of nitrogens with zero attached hydrogens (tertiary/aromatic N) is 2. The molecule has 5 nitrogen and oxygen atoms in total. The highest BCUT2D eigenvalue weighted by atomic mass is 16.3. The van der Waals surface area contributed by atoms with E-state index in [2.05, 4.69) is 9.88 Å². The summed E-state index contributed by atoms with van der Waals surface area (Å²) in [6.07, 6.45) is 2.26. The number of nitrogens with one attached hydrogen (secondary N) is 1. The van der Waals surface area contributed by atoms with E-state index >= 15 is 0 Å². The summed E-state index contributed by atoms with van der Waals surface area (Å²) < 4.78 is 0. The van der Waals surface area contributed by atoms with E-state index in [0.717, 1.165) is 29.6 Å². The van der Waals surface area contributed by atoms with Crippen molar-refractivity contribution in [3.8, 4) is 0 Å². The first-order valence-electron chi connectivity index (χ1n) is 6.82. The van der Waals surface area contributed by atoms with Crippen LogP contribution < -0.4 is 10.6 Å². The molecule has 0 spiro atoms. The maximum Gasteiger partial charge on any atom is 0.130 e. The Kier molecular flexibility index (Phi) is 3.28. The van der Waals surface area contributed by atoms with Crippen LogP contribution in [0.5, 0.6) is 0 Å². The van der Waals surface area contributed by atoms with Crippen LogP contribution in [-0.4, -0.2) is 35.1 Å². The predicted octanol–water partition coefficient (Wildman–Crippen LogP) is 1.48. The molecule has 0 aliphatic heterocycles. The van der Waals surface area contributed by atoms with Crippen molar-refractivity contribution in [2.24, 2.45) is 5.73 Å². The van der Waals surface area contributed by atoms with Gasteiger partial charge in [0.2, 0.25) is 0 Å². The highest BCUT2D eigenvalue weighted by molar-refractivity contribution is 6.07. The molecule has 0 saturated heterocycles. The molecule has 0 amide bonds. The van der Waals surface area contributed by atoms with E-state index in [9.17, 15) is 5.11 Å². The van der Waals surface area contributed by atoms with Crippen LogP contribution in [0.2, 0.25) is 0 Å². The summed E-state index contributed by atoms with van der Waals surface area (Å²) in [5.74, 6) is 0.843. The minimum absolute atomic E-state index is 0.0459. The lowest BCUT2D eigenvalue weighted by molar-refractivity contribution is 0.301. The Labute approximate surface area is 117 Å². The van der Waals surface area contributed by atoms with Gasteiger partial charge < -0.3 is 15.7 Å². The zero-order valence-electron chi connectivity index (χ0n) is 11.2. The molecule has 0 radical (unpaired) electrons. The topological polar surface area (TPSA) is 86.2 Å². The largest absolute Gasteiger partial charge is 0.395 e. The normalized spacial score (nSPS) is 14.4. The molecule has 3 rings (SSSR count). The average Bonchev–Trinajstić information content (AvgIpc) is 3.28. The van der Waals surface area contributed by atoms with Crippen molar-refractivity contribution in [2.75, 3.05) is 18.1 Å². The molecule has 104 valence electrons. The molecule has 5 heteroatoms. The Morgan fingerprint density at radius 3 is 2.80 bits per heavy atom. The zero-order chi connectivity index (χ0) is 14.1. The number of hydrogen-bond acceptors (Lipinski definition) is 4. The van der Waals surface area contributed by atoms with E-state index in [-0.39, 0.29) is 12.4 Å². The Balaban J connectivity index is 2.13. The minimum Gasteiger partial charge on any atom is -0.395 e. The summed E-state index contributed by atoms with van der Waals surface area (Å²) in [4.78, 5) is 6.77. The number of para-hydroxylation sites is 1. The van der Waals surface area contributed by atoms with Crippen LogP contribution in [0.25, 0.3) is 10.9 Å². The van der Waals surface area contributed by atoms with Crippen molar-refractivity contribution in [1.82, 2.24) is 4.98 Å². The number of nitrogen functional groups attached to an aromatic ring is 1. The molecule has 1 aliphatic carbocycles. The average molecular weight is 270 g/mol. The van der Waals surface area contributed by atoms with Gasteiger partial charge in [0.25, 0.3) is 0 Å². The number of anilines is 1. The molecule has 1 aromatic carbocycles. The molecule has 1 heterocycles. The number of nitrogens with two attached hydrogens (primary N) is 1. The highest BCUT2D eigenvalue weighted by Gasteiger charge is 2.30. The Bertz CT molecular complexity index is 651. The molecule has 0 bridgehead atoms.